The summed E-state index contributed by atoms with van der Waals surface area (Å²) in [5.41, 5.74) is 0.946. The van der Waals surface area contributed by atoms with E-state index in [1.54, 1.807) is 31.2 Å². The molecule has 2 aromatic heterocycles. The van der Waals surface area contributed by atoms with Crippen molar-refractivity contribution in [1.29, 1.82) is 0 Å². The highest BCUT2D eigenvalue weighted by Crippen LogP contribution is 2.42. The van der Waals surface area contributed by atoms with Gasteiger partial charge in [-0.25, -0.2) is 9.78 Å². The van der Waals surface area contributed by atoms with Crippen LogP contribution >= 0.6 is 0 Å². The van der Waals surface area contributed by atoms with E-state index < -0.39 is 23.4 Å². The Balaban J connectivity index is 1.85. The lowest BCUT2D eigenvalue weighted by molar-refractivity contribution is -0.199. The quantitative estimate of drug-likeness (QED) is 0.337. The number of aliphatic hydroxyl groups excluding tert-OH is 1. The number of aryl methyl sites for hydroxylation is 1. The minimum absolute atomic E-state index is 0.00800. The van der Waals surface area contributed by atoms with E-state index in [1.807, 2.05) is 6.92 Å². The average Bonchev–Trinajstić information content (AvgIpc) is 3.09. The number of carbonyl (C=O) groups is 1. The molecule has 4 heterocycles. The number of aliphatic hydroxyl groups is 2. The van der Waals surface area contributed by atoms with Crippen LogP contribution in [-0.2, 0) is 28.1 Å². The Kier molecular flexibility index (Phi) is 3.84. The molecule has 3 N–H and O–H groups in total. The van der Waals surface area contributed by atoms with Crippen molar-refractivity contribution in [1.82, 2.24) is 9.55 Å². The molecule has 0 spiro atoms. The van der Waals surface area contributed by atoms with Crippen LogP contribution in [0.2, 0.25) is 0 Å². The highest BCUT2D eigenvalue weighted by molar-refractivity contribution is 5.90. The number of phenolic OH excluding ortho intramolecular Hbond substituents is 1. The number of phenols is 1. The van der Waals surface area contributed by atoms with Gasteiger partial charge in [-0.15, -0.1) is 0 Å². The summed E-state index contributed by atoms with van der Waals surface area (Å²) in [7, 11) is 0. The number of carbonyl (C=O) groups excluding carboxylic acids is 1. The number of fused-ring (bicyclic) bond motifs is 5. The molecule has 2 aliphatic heterocycles. The number of ether oxygens (including phenoxy) is 1. The number of hydrogen-bond donors (Lipinski definition) is 3. The molecule has 0 bridgehead atoms. The molecule has 30 heavy (non-hydrogen) atoms. The standard InChI is InChI=1S/C22H20N2O6/c1-3-11-12-7-10(25)5-6-15(12)23-18-13(11)9-24-16(18)8-14-17(19(24)26)20(27)30-21(28)22(14,29)4-2/h5-8,20,25,27,29H,3-4,9H2,1-2H3/t20?,22-/m0/s1/i1+1,5+1,6+1,7+1,10+1,12+1,15+1. The van der Waals surface area contributed by atoms with Crippen LogP contribution in [0, 0.1) is 0 Å². The van der Waals surface area contributed by atoms with Crippen molar-refractivity contribution < 1.29 is 24.9 Å². The van der Waals surface area contributed by atoms with Crippen molar-refractivity contribution in [3.63, 3.8) is 0 Å². The van der Waals surface area contributed by atoms with Crippen molar-refractivity contribution in [3.8, 4) is 17.1 Å². The predicted octanol–water partition coefficient (Wildman–Crippen LogP) is 1.84. The second-order valence-corrected chi connectivity index (χ2v) is 7.69. The van der Waals surface area contributed by atoms with Gasteiger partial charge >= 0.3 is 5.97 Å². The summed E-state index contributed by atoms with van der Waals surface area (Å²) < 4.78 is 6.35. The van der Waals surface area contributed by atoms with Gasteiger partial charge in [0.05, 0.1) is 29.0 Å². The van der Waals surface area contributed by atoms with Gasteiger partial charge in [0.1, 0.15) is 5.75 Å². The molecule has 0 amide bonds. The second-order valence-electron chi connectivity index (χ2n) is 7.69. The van der Waals surface area contributed by atoms with Gasteiger partial charge in [0.25, 0.3) is 5.56 Å². The topological polar surface area (TPSA) is 122 Å². The predicted molar refractivity (Wildman–Crippen MR) is 107 cm³/mol. The van der Waals surface area contributed by atoms with Crippen LogP contribution in [-0.4, -0.2) is 30.8 Å². The maximum absolute atomic E-state index is 13.3. The van der Waals surface area contributed by atoms with Crippen LogP contribution in [0.25, 0.3) is 22.3 Å². The van der Waals surface area contributed by atoms with Gasteiger partial charge in [-0.05, 0) is 42.7 Å². The van der Waals surface area contributed by atoms with Gasteiger partial charge in [-0.3, -0.25) is 4.79 Å². The number of rotatable bonds is 2. The third kappa shape index (κ3) is 2.26. The summed E-state index contributed by atoms with van der Waals surface area (Å²) in [5.74, 6) is -0.849. The molecule has 0 saturated heterocycles. The van der Waals surface area contributed by atoms with E-state index in [0.717, 1.165) is 16.5 Å². The zero-order valence-electron chi connectivity index (χ0n) is 16.5. The van der Waals surface area contributed by atoms with Crippen molar-refractivity contribution in [3.05, 3.63) is 56.9 Å². The fraction of sp³-hybridized carbons (Fsp3) is 0.318. The minimum atomic E-state index is -2.01. The molecular weight excluding hydrogens is 395 g/mol. The molecule has 2 atom stereocenters. The molecule has 8 heteroatoms. The van der Waals surface area contributed by atoms with Crippen LogP contribution in [0.3, 0.4) is 0 Å². The van der Waals surface area contributed by atoms with Crippen LogP contribution in [0.15, 0.2) is 29.1 Å². The SMILES string of the molecule is CC[C@@]1(O)C(=O)OC(O)c2c1cc1n(c2=O)Cc2c-1n[13c]1[13cH][13cH][13c](O)[13cH][13c]1c2C[13CH3]. The van der Waals surface area contributed by atoms with E-state index in [4.69, 9.17) is 9.72 Å². The molecule has 2 aliphatic rings. The first-order valence-electron chi connectivity index (χ1n) is 9.84. The Morgan fingerprint density at radius 2 is 2.03 bits per heavy atom. The average molecular weight is 415 g/mol. The molecule has 8 nitrogen and oxygen atoms in total. The lowest BCUT2D eigenvalue weighted by Crippen LogP contribution is -2.46. The molecule has 0 saturated carbocycles. The Bertz CT molecular complexity index is 1310. The molecule has 5 rings (SSSR count). The first-order valence-corrected chi connectivity index (χ1v) is 9.84. The van der Waals surface area contributed by atoms with Gasteiger partial charge in [0.15, 0.2) is 5.60 Å². The van der Waals surface area contributed by atoms with Crippen molar-refractivity contribution in [2.45, 2.75) is 45.1 Å². The Hall–Kier alpha value is -3.23. The summed E-state index contributed by atoms with van der Waals surface area (Å²) in [4.78, 5) is 30.3. The van der Waals surface area contributed by atoms with Crippen LogP contribution in [0.5, 0.6) is 5.75 Å². The zero-order valence-corrected chi connectivity index (χ0v) is 16.5. The van der Waals surface area contributed by atoms with Gasteiger partial charge in [0, 0.05) is 16.5 Å². The number of aromatic hydroxyl groups is 1. The Labute approximate surface area is 171 Å². The van der Waals surface area contributed by atoms with Crippen LogP contribution in [0.1, 0.15) is 48.8 Å². The Morgan fingerprint density at radius 1 is 1.27 bits per heavy atom. The number of hydrogen-bond acceptors (Lipinski definition) is 7. The lowest BCUT2D eigenvalue weighted by atomic mass is 9.85. The Morgan fingerprint density at radius 3 is 2.73 bits per heavy atom. The van der Waals surface area contributed by atoms with E-state index in [-0.39, 0.29) is 29.8 Å². The number of pyridine rings is 2. The molecule has 154 valence electrons. The zero-order chi connectivity index (χ0) is 21.4. The summed E-state index contributed by atoms with van der Waals surface area (Å²) in [6, 6.07) is 6.49. The van der Waals surface area contributed by atoms with Gasteiger partial charge in [-0.1, -0.05) is 13.8 Å². The fourth-order valence-corrected chi connectivity index (χ4v) is 4.60. The third-order valence-electron chi connectivity index (χ3n) is 6.20. The van der Waals surface area contributed by atoms with E-state index in [0.29, 0.717) is 23.3 Å². The monoisotopic (exact) mass is 415 g/mol. The van der Waals surface area contributed by atoms with Gasteiger partial charge < -0.3 is 24.6 Å². The van der Waals surface area contributed by atoms with E-state index in [9.17, 15) is 24.9 Å². The van der Waals surface area contributed by atoms with E-state index >= 15 is 0 Å². The van der Waals surface area contributed by atoms with Crippen LogP contribution < -0.4 is 5.56 Å². The summed E-state index contributed by atoms with van der Waals surface area (Å²) in [6.07, 6.45) is -1.08. The van der Waals surface area contributed by atoms with E-state index in [2.05, 4.69) is 0 Å². The number of nitrogens with zero attached hydrogens (tertiary/aromatic N) is 2. The summed E-state index contributed by atoms with van der Waals surface area (Å²) in [6.45, 7) is 3.83. The molecular formula is C22H20N2O6. The first-order chi connectivity index (χ1) is 14.3. The van der Waals surface area contributed by atoms with Crippen molar-refractivity contribution >= 4 is 16.9 Å². The van der Waals surface area contributed by atoms with Crippen molar-refractivity contribution in [2.75, 3.05) is 0 Å². The molecule has 1 aromatic carbocycles. The number of aromatic nitrogens is 2. The molecule has 1 unspecified atom stereocenters. The molecule has 0 aliphatic carbocycles. The van der Waals surface area contributed by atoms with Gasteiger partial charge in [-0.2, -0.15) is 0 Å². The molecule has 0 fully saturated rings. The van der Waals surface area contributed by atoms with Gasteiger partial charge in [0.2, 0.25) is 6.29 Å². The van der Waals surface area contributed by atoms with E-state index in [1.165, 1.54) is 4.57 Å². The van der Waals surface area contributed by atoms with Crippen molar-refractivity contribution in [2.24, 2.45) is 0 Å². The second kappa shape index (κ2) is 6.13. The largest absolute Gasteiger partial charge is 0.508 e. The van der Waals surface area contributed by atoms with Crippen LogP contribution in [0.4, 0.5) is 0 Å². The smallest absolute Gasteiger partial charge is 0.345 e. The maximum Gasteiger partial charge on any atom is 0.345 e. The minimum Gasteiger partial charge on any atom is -0.508 e. The fourth-order valence-electron chi connectivity index (χ4n) is 4.60. The highest BCUT2D eigenvalue weighted by Gasteiger charge is 2.48. The number of benzene rings is 1. The first kappa shape index (κ1) is 18.8. The summed E-state index contributed by atoms with van der Waals surface area (Å²) >= 11 is 0. The molecule has 0 radical (unpaired) electrons. The normalized spacial score (nSPS) is 21.9. The summed E-state index contributed by atoms with van der Waals surface area (Å²) in [5, 5.41) is 31.9. The highest BCUT2D eigenvalue weighted by atomic mass is 16.6. The lowest BCUT2D eigenvalue weighted by Gasteiger charge is -2.34. The maximum atomic E-state index is 13.3. The molecule has 3 aromatic rings. The number of cyclic esters (lactones) is 1. The number of esters is 1. The third-order valence-corrected chi connectivity index (χ3v) is 6.20.